The molecule has 0 heterocycles. The zero-order chi connectivity index (χ0) is 23.1. The molecule has 0 amide bonds. The van der Waals surface area contributed by atoms with Gasteiger partial charge in [-0.3, -0.25) is 33.8 Å². The van der Waals surface area contributed by atoms with E-state index in [-0.39, 0.29) is 13.1 Å². The smallest absolute Gasteiger partial charge is 0.333 e. The van der Waals surface area contributed by atoms with Crippen LogP contribution in [0.25, 0.3) is 0 Å². The quantitative estimate of drug-likeness (QED) is 0.145. The summed E-state index contributed by atoms with van der Waals surface area (Å²) >= 11 is 0. The van der Waals surface area contributed by atoms with Crippen molar-refractivity contribution in [1.29, 1.82) is 0 Å². The van der Waals surface area contributed by atoms with E-state index in [1.54, 1.807) is 0 Å². The van der Waals surface area contributed by atoms with Crippen molar-refractivity contribution in [3.8, 4) is 0 Å². The Balaban J connectivity index is 0. The summed E-state index contributed by atoms with van der Waals surface area (Å²) < 4.78 is 0. The zero-order valence-corrected chi connectivity index (χ0v) is 15.0. The van der Waals surface area contributed by atoms with Gasteiger partial charge < -0.3 is 35.7 Å². The topological polar surface area (TPSA) is 251 Å². The highest BCUT2D eigenvalue weighted by Gasteiger charge is 2.18. The Hall–Kier alpha value is -3.30. The maximum atomic E-state index is 10.6. The molecule has 0 aromatic carbocycles. The third-order valence-electron chi connectivity index (χ3n) is 2.82. The average molecular weight is 426 g/mol. The van der Waals surface area contributed by atoms with Gasteiger partial charge >= 0.3 is 35.8 Å². The maximum absolute atomic E-state index is 10.6. The number of rotatable bonds is 14. The number of hydrogen-bond acceptors (Lipinski definition) is 9. The Morgan fingerprint density at radius 3 is 0.966 bits per heavy atom. The standard InChI is InChI=1S/C10H16N2O8.C4H6O5/c13-7(14)3-11(4-8(15)16)1-2-12(5-9(17)18)6-10(19)20;5-2(4(8)9)1-3(6)7/h1-6H2,(H,13,14)(H,15,16)(H,17,18)(H,19,20);2,5H,1H2,(H,6,7)(H,8,9). The Labute approximate surface area is 163 Å². The molecule has 0 bridgehead atoms. The van der Waals surface area contributed by atoms with Crippen molar-refractivity contribution >= 4 is 35.8 Å². The third-order valence-corrected chi connectivity index (χ3v) is 2.82. The third kappa shape index (κ3) is 19.3. The van der Waals surface area contributed by atoms with E-state index in [0.29, 0.717) is 0 Å². The minimum atomic E-state index is -1.79. The number of carboxylic acids is 6. The molecule has 1 atom stereocenters. The van der Waals surface area contributed by atoms with Crippen LogP contribution in [0.4, 0.5) is 0 Å². The van der Waals surface area contributed by atoms with Gasteiger partial charge in [0.15, 0.2) is 6.10 Å². The molecule has 0 saturated carbocycles. The van der Waals surface area contributed by atoms with Crippen LogP contribution in [-0.4, -0.2) is 127 Å². The van der Waals surface area contributed by atoms with Gasteiger partial charge in [0.2, 0.25) is 0 Å². The molecule has 1 unspecified atom stereocenters. The van der Waals surface area contributed by atoms with Crippen LogP contribution in [-0.2, 0) is 28.8 Å². The summed E-state index contributed by atoms with van der Waals surface area (Å²) in [5.41, 5.74) is 0. The van der Waals surface area contributed by atoms with Gasteiger partial charge in [-0.05, 0) is 0 Å². The number of hydrogen-bond donors (Lipinski definition) is 7. The predicted molar refractivity (Wildman–Crippen MR) is 89.3 cm³/mol. The second-order valence-electron chi connectivity index (χ2n) is 5.45. The maximum Gasteiger partial charge on any atom is 0.333 e. The van der Waals surface area contributed by atoms with Crippen molar-refractivity contribution in [3.05, 3.63) is 0 Å². The molecule has 0 aliphatic rings. The Morgan fingerprint density at radius 1 is 0.552 bits per heavy atom. The average Bonchev–Trinajstić information content (AvgIpc) is 2.50. The van der Waals surface area contributed by atoms with E-state index in [2.05, 4.69) is 0 Å². The molecule has 0 fully saturated rings. The lowest BCUT2D eigenvalue weighted by atomic mass is 10.3. The van der Waals surface area contributed by atoms with Gasteiger partial charge in [-0.2, -0.15) is 0 Å². The minimum Gasteiger partial charge on any atom is -0.481 e. The number of carboxylic acid groups (broad SMARTS) is 6. The first-order valence-electron chi connectivity index (χ1n) is 7.69. The van der Waals surface area contributed by atoms with E-state index < -0.39 is 74.5 Å². The summed E-state index contributed by atoms with van der Waals surface area (Å²) in [6.45, 7) is -2.25. The number of carbonyl (C=O) groups is 6. The fraction of sp³-hybridized carbons (Fsp3) is 0.571. The van der Waals surface area contributed by atoms with Crippen molar-refractivity contribution in [2.24, 2.45) is 0 Å². The van der Waals surface area contributed by atoms with Gasteiger partial charge in [0.1, 0.15) is 0 Å². The van der Waals surface area contributed by atoms with Crippen LogP contribution in [0.2, 0.25) is 0 Å². The van der Waals surface area contributed by atoms with Crippen molar-refractivity contribution in [3.63, 3.8) is 0 Å². The normalized spacial score (nSPS) is 11.3. The van der Waals surface area contributed by atoms with Gasteiger partial charge in [-0.25, -0.2) is 4.79 Å². The van der Waals surface area contributed by atoms with Gasteiger partial charge in [0.05, 0.1) is 32.6 Å². The van der Waals surface area contributed by atoms with Crippen molar-refractivity contribution in [2.75, 3.05) is 39.3 Å². The monoisotopic (exact) mass is 426 g/mol. The number of aliphatic hydroxyl groups excluding tert-OH is 1. The number of aliphatic hydroxyl groups is 1. The first kappa shape index (κ1) is 27.9. The molecule has 0 aromatic heterocycles. The highest BCUT2D eigenvalue weighted by atomic mass is 16.4. The first-order valence-corrected chi connectivity index (χ1v) is 7.69. The van der Waals surface area contributed by atoms with Crippen LogP contribution < -0.4 is 0 Å². The number of nitrogens with zero attached hydrogens (tertiary/aromatic N) is 2. The van der Waals surface area contributed by atoms with E-state index in [0.717, 1.165) is 9.80 Å². The lowest BCUT2D eigenvalue weighted by molar-refractivity contribution is -0.152. The Bertz CT molecular complexity index is 538. The molecule has 0 aliphatic heterocycles. The lowest BCUT2D eigenvalue weighted by Crippen LogP contribution is -2.43. The molecule has 29 heavy (non-hydrogen) atoms. The van der Waals surface area contributed by atoms with E-state index in [1.807, 2.05) is 0 Å². The molecule has 0 spiro atoms. The molecule has 0 aromatic rings. The molecule has 0 aliphatic carbocycles. The van der Waals surface area contributed by atoms with Gasteiger partial charge in [-0.15, -0.1) is 0 Å². The summed E-state index contributed by atoms with van der Waals surface area (Å²) in [4.78, 5) is 63.8. The van der Waals surface area contributed by atoms with Gasteiger partial charge in [-0.1, -0.05) is 0 Å². The molecular weight excluding hydrogens is 404 g/mol. The predicted octanol–water partition coefficient (Wildman–Crippen LogP) is -3.16. The zero-order valence-electron chi connectivity index (χ0n) is 15.0. The molecule has 0 saturated heterocycles. The molecular formula is C14H22N2O13. The van der Waals surface area contributed by atoms with Gasteiger partial charge in [0.25, 0.3) is 0 Å². The molecule has 0 radical (unpaired) electrons. The fourth-order valence-corrected chi connectivity index (χ4v) is 1.73. The lowest BCUT2D eigenvalue weighted by Gasteiger charge is -2.23. The van der Waals surface area contributed by atoms with Crippen molar-refractivity contribution < 1.29 is 64.5 Å². The summed E-state index contributed by atoms with van der Waals surface area (Å²) in [5, 5.41) is 58.6. The summed E-state index contributed by atoms with van der Waals surface area (Å²) in [5.74, 6) is -7.76. The second kappa shape index (κ2) is 14.7. The molecule has 7 N–H and O–H groups in total. The molecule has 15 heteroatoms. The number of aliphatic carboxylic acids is 6. The summed E-state index contributed by atoms with van der Waals surface area (Å²) in [6.07, 6.45) is -2.54. The largest absolute Gasteiger partial charge is 0.481 e. The Kier molecular flexibility index (Phi) is 14.2. The fourth-order valence-electron chi connectivity index (χ4n) is 1.73. The van der Waals surface area contributed by atoms with E-state index in [1.165, 1.54) is 0 Å². The van der Waals surface area contributed by atoms with Crippen molar-refractivity contribution in [2.45, 2.75) is 12.5 Å². The second-order valence-corrected chi connectivity index (χ2v) is 5.45. The minimum absolute atomic E-state index is 0.0703. The summed E-state index contributed by atoms with van der Waals surface area (Å²) in [7, 11) is 0. The van der Waals surface area contributed by atoms with Crippen LogP contribution in [0.3, 0.4) is 0 Å². The van der Waals surface area contributed by atoms with Crippen LogP contribution >= 0.6 is 0 Å². The highest BCUT2D eigenvalue weighted by molar-refractivity contribution is 5.79. The molecule has 15 nitrogen and oxygen atoms in total. The van der Waals surface area contributed by atoms with Crippen LogP contribution in [0.15, 0.2) is 0 Å². The summed E-state index contributed by atoms with van der Waals surface area (Å²) in [6, 6.07) is 0. The van der Waals surface area contributed by atoms with Crippen molar-refractivity contribution in [1.82, 2.24) is 9.80 Å². The van der Waals surface area contributed by atoms with Crippen LogP contribution in [0, 0.1) is 0 Å². The SMILES string of the molecule is O=C(O)CC(O)C(=O)O.O=C(O)CN(CCN(CC(=O)O)CC(=O)O)CC(=O)O. The van der Waals surface area contributed by atoms with E-state index in [4.69, 9.17) is 35.7 Å². The highest BCUT2D eigenvalue weighted by Crippen LogP contribution is 1.94. The van der Waals surface area contributed by atoms with Gasteiger partial charge in [0, 0.05) is 13.1 Å². The van der Waals surface area contributed by atoms with E-state index in [9.17, 15) is 28.8 Å². The van der Waals surface area contributed by atoms with Crippen LogP contribution in [0.5, 0.6) is 0 Å². The first-order chi connectivity index (χ1) is 13.2. The Morgan fingerprint density at radius 2 is 0.828 bits per heavy atom. The van der Waals surface area contributed by atoms with E-state index >= 15 is 0 Å². The molecule has 0 rings (SSSR count). The molecule has 166 valence electrons. The van der Waals surface area contributed by atoms with Crippen LogP contribution in [0.1, 0.15) is 6.42 Å².